The summed E-state index contributed by atoms with van der Waals surface area (Å²) in [7, 11) is 0. The topological polar surface area (TPSA) is 35.2 Å². The molecule has 2 nitrogen and oxygen atoms in total. The van der Waals surface area contributed by atoms with Crippen LogP contribution in [-0.2, 0) is 6.42 Å². The van der Waals surface area contributed by atoms with Crippen molar-refractivity contribution in [1.82, 2.24) is 0 Å². The summed E-state index contributed by atoms with van der Waals surface area (Å²) in [5, 5.41) is 0. The molecule has 0 spiro atoms. The van der Waals surface area contributed by atoms with Crippen molar-refractivity contribution in [2.45, 2.75) is 70.9 Å². The Kier molecular flexibility index (Phi) is 6.56. The molecule has 3 unspecified atom stereocenters. The molecule has 1 aromatic carbocycles. The molecule has 0 aromatic heterocycles. The van der Waals surface area contributed by atoms with Crippen molar-refractivity contribution in [3.63, 3.8) is 0 Å². The maximum absolute atomic E-state index is 6.39. The van der Waals surface area contributed by atoms with Crippen LogP contribution in [0.3, 0.4) is 0 Å². The van der Waals surface area contributed by atoms with Gasteiger partial charge in [0.2, 0.25) is 0 Å². The summed E-state index contributed by atoms with van der Waals surface area (Å²) < 4.78 is 7.45. The number of rotatable bonds is 6. The average molecular weight is 354 g/mol. The molecule has 3 heteroatoms. The lowest BCUT2D eigenvalue weighted by atomic mass is 9.85. The number of hydrogen-bond acceptors (Lipinski definition) is 2. The second-order valence-corrected chi connectivity index (χ2v) is 7.14. The highest BCUT2D eigenvalue weighted by molar-refractivity contribution is 9.10. The number of ether oxygens (including phenoxy) is 1. The predicted molar refractivity (Wildman–Crippen MR) is 92.8 cm³/mol. The Morgan fingerprint density at radius 1 is 1.33 bits per heavy atom. The molecule has 3 atom stereocenters. The summed E-state index contributed by atoms with van der Waals surface area (Å²) in [6.07, 6.45) is 8.52. The van der Waals surface area contributed by atoms with Crippen molar-refractivity contribution in [3.8, 4) is 5.75 Å². The zero-order valence-electron chi connectivity index (χ0n) is 13.3. The molecule has 1 aliphatic rings. The maximum atomic E-state index is 6.39. The number of para-hydroxylation sites is 1. The quantitative estimate of drug-likeness (QED) is 0.773. The Labute approximate surface area is 137 Å². The summed E-state index contributed by atoms with van der Waals surface area (Å²) in [5.41, 5.74) is 7.36. The second kappa shape index (κ2) is 8.19. The first-order valence-electron chi connectivity index (χ1n) is 8.33. The number of benzene rings is 1. The first-order chi connectivity index (χ1) is 10.1. The molecule has 1 aromatic rings. The lowest BCUT2D eigenvalue weighted by molar-refractivity contribution is 0.120. The molecule has 2 rings (SSSR count). The van der Waals surface area contributed by atoms with Gasteiger partial charge in [-0.1, -0.05) is 38.8 Å². The van der Waals surface area contributed by atoms with Gasteiger partial charge in [0.1, 0.15) is 5.75 Å². The van der Waals surface area contributed by atoms with Gasteiger partial charge >= 0.3 is 0 Å². The Morgan fingerprint density at radius 3 is 2.86 bits per heavy atom. The molecule has 21 heavy (non-hydrogen) atoms. The molecule has 118 valence electrons. The van der Waals surface area contributed by atoms with E-state index in [1.165, 1.54) is 37.7 Å². The maximum Gasteiger partial charge on any atom is 0.137 e. The summed E-state index contributed by atoms with van der Waals surface area (Å²) in [4.78, 5) is 0. The highest BCUT2D eigenvalue weighted by atomic mass is 79.9. The van der Waals surface area contributed by atoms with Gasteiger partial charge in [-0.05, 0) is 65.6 Å². The van der Waals surface area contributed by atoms with Crippen LogP contribution in [0.1, 0.15) is 57.9 Å². The first kappa shape index (κ1) is 16.8. The molecular weight excluding hydrogens is 326 g/mol. The molecule has 1 fully saturated rings. The van der Waals surface area contributed by atoms with E-state index in [4.69, 9.17) is 10.5 Å². The van der Waals surface area contributed by atoms with Gasteiger partial charge in [-0.15, -0.1) is 0 Å². The van der Waals surface area contributed by atoms with Crippen molar-refractivity contribution >= 4 is 15.9 Å². The monoisotopic (exact) mass is 353 g/mol. The SMILES string of the molecule is CCC(N)Cc1cccc(Br)c1OC1CCCC(CC)C1. The van der Waals surface area contributed by atoms with E-state index in [1.54, 1.807) is 0 Å². The van der Waals surface area contributed by atoms with Crippen molar-refractivity contribution in [1.29, 1.82) is 0 Å². The number of nitrogens with two attached hydrogens (primary N) is 1. The Bertz CT molecular complexity index is 449. The third kappa shape index (κ3) is 4.72. The molecule has 0 radical (unpaired) electrons. The predicted octanol–water partition coefficient (Wildman–Crippen LogP) is 5.08. The summed E-state index contributed by atoms with van der Waals surface area (Å²) in [6.45, 7) is 4.42. The van der Waals surface area contributed by atoms with Gasteiger partial charge in [0.15, 0.2) is 0 Å². The molecule has 2 N–H and O–H groups in total. The minimum atomic E-state index is 0.205. The molecule has 0 heterocycles. The van der Waals surface area contributed by atoms with E-state index in [9.17, 15) is 0 Å². The summed E-state index contributed by atoms with van der Waals surface area (Å²) in [5.74, 6) is 1.84. The number of halogens is 1. The van der Waals surface area contributed by atoms with E-state index in [0.717, 1.165) is 29.0 Å². The molecule has 0 saturated heterocycles. The van der Waals surface area contributed by atoms with Crippen LogP contribution in [0.5, 0.6) is 5.75 Å². The van der Waals surface area contributed by atoms with Crippen molar-refractivity contribution in [3.05, 3.63) is 28.2 Å². The van der Waals surface area contributed by atoms with Crippen LogP contribution in [-0.4, -0.2) is 12.1 Å². The van der Waals surface area contributed by atoms with E-state index in [2.05, 4.69) is 48.0 Å². The van der Waals surface area contributed by atoms with Gasteiger partial charge < -0.3 is 10.5 Å². The molecule has 1 aliphatic carbocycles. The van der Waals surface area contributed by atoms with Crippen molar-refractivity contribution in [2.75, 3.05) is 0 Å². The largest absolute Gasteiger partial charge is 0.489 e. The fourth-order valence-corrected chi connectivity index (χ4v) is 3.66. The van der Waals surface area contributed by atoms with E-state index < -0.39 is 0 Å². The van der Waals surface area contributed by atoms with E-state index >= 15 is 0 Å². The fraction of sp³-hybridized carbons (Fsp3) is 0.667. The van der Waals surface area contributed by atoms with E-state index in [-0.39, 0.29) is 6.04 Å². The van der Waals surface area contributed by atoms with Crippen LogP contribution in [0, 0.1) is 5.92 Å². The minimum absolute atomic E-state index is 0.205. The molecule has 0 bridgehead atoms. The third-order valence-corrected chi connectivity index (χ3v) is 5.28. The first-order valence-corrected chi connectivity index (χ1v) is 9.12. The van der Waals surface area contributed by atoms with Crippen LogP contribution in [0.25, 0.3) is 0 Å². The van der Waals surface area contributed by atoms with Gasteiger partial charge in [0.25, 0.3) is 0 Å². The number of hydrogen-bond donors (Lipinski definition) is 1. The van der Waals surface area contributed by atoms with Crippen LogP contribution < -0.4 is 10.5 Å². The molecule has 0 aliphatic heterocycles. The molecular formula is C18H28BrNO. The van der Waals surface area contributed by atoms with E-state index in [1.807, 2.05) is 0 Å². The highest BCUT2D eigenvalue weighted by Crippen LogP contribution is 2.35. The standard InChI is InChI=1S/C18H28BrNO/c1-3-13-7-5-9-16(11-13)21-18-14(12-15(20)4-2)8-6-10-17(18)19/h6,8,10,13,15-16H,3-5,7,9,11-12,20H2,1-2H3. The molecule has 0 amide bonds. The van der Waals surface area contributed by atoms with Crippen LogP contribution in [0.15, 0.2) is 22.7 Å². The van der Waals surface area contributed by atoms with Gasteiger partial charge in [0.05, 0.1) is 10.6 Å². The van der Waals surface area contributed by atoms with Crippen LogP contribution >= 0.6 is 15.9 Å². The van der Waals surface area contributed by atoms with Gasteiger partial charge in [-0.3, -0.25) is 0 Å². The summed E-state index contributed by atoms with van der Waals surface area (Å²) >= 11 is 3.65. The zero-order chi connectivity index (χ0) is 15.2. The Balaban J connectivity index is 2.10. The van der Waals surface area contributed by atoms with Gasteiger partial charge in [-0.25, -0.2) is 0 Å². The lowest BCUT2D eigenvalue weighted by Crippen LogP contribution is -2.26. The third-order valence-electron chi connectivity index (χ3n) is 4.65. The smallest absolute Gasteiger partial charge is 0.137 e. The van der Waals surface area contributed by atoms with Gasteiger partial charge in [0, 0.05) is 6.04 Å². The molecule has 1 saturated carbocycles. The van der Waals surface area contributed by atoms with Crippen molar-refractivity contribution in [2.24, 2.45) is 11.7 Å². The highest BCUT2D eigenvalue weighted by Gasteiger charge is 2.23. The Morgan fingerprint density at radius 2 is 2.14 bits per heavy atom. The van der Waals surface area contributed by atoms with Crippen LogP contribution in [0.4, 0.5) is 0 Å². The van der Waals surface area contributed by atoms with Crippen molar-refractivity contribution < 1.29 is 4.74 Å². The van der Waals surface area contributed by atoms with Gasteiger partial charge in [-0.2, -0.15) is 0 Å². The Hall–Kier alpha value is -0.540. The minimum Gasteiger partial charge on any atom is -0.489 e. The fourth-order valence-electron chi connectivity index (χ4n) is 3.16. The van der Waals surface area contributed by atoms with Crippen LogP contribution in [0.2, 0.25) is 0 Å². The average Bonchev–Trinajstić information content (AvgIpc) is 2.50. The van der Waals surface area contributed by atoms with E-state index in [0.29, 0.717) is 6.10 Å². The summed E-state index contributed by atoms with van der Waals surface area (Å²) in [6, 6.07) is 6.49. The normalized spacial score (nSPS) is 23.8. The second-order valence-electron chi connectivity index (χ2n) is 6.28. The lowest BCUT2D eigenvalue weighted by Gasteiger charge is -2.30. The zero-order valence-corrected chi connectivity index (χ0v) is 14.9.